The smallest absolute Gasteiger partial charge is 0.261 e. The Morgan fingerprint density at radius 3 is 2.67 bits per heavy atom. The van der Waals surface area contributed by atoms with Crippen LogP contribution in [0, 0.1) is 5.92 Å². The third kappa shape index (κ3) is 5.18. The van der Waals surface area contributed by atoms with Crippen LogP contribution in [0.4, 0.5) is 8.78 Å². The van der Waals surface area contributed by atoms with Crippen molar-refractivity contribution in [3.63, 3.8) is 0 Å². The van der Waals surface area contributed by atoms with Crippen LogP contribution in [0.15, 0.2) is 0 Å². The van der Waals surface area contributed by atoms with Gasteiger partial charge in [0.2, 0.25) is 0 Å². The van der Waals surface area contributed by atoms with Crippen molar-refractivity contribution in [3.8, 4) is 0 Å². The molecule has 1 aliphatic heterocycles. The largest absolute Gasteiger partial charge is 0.381 e. The third-order valence-electron chi connectivity index (χ3n) is 2.41. The molecule has 0 aromatic heterocycles. The number of ether oxygens (including phenoxy) is 2. The van der Waals surface area contributed by atoms with Gasteiger partial charge in [0.15, 0.2) is 0 Å². The highest BCUT2D eigenvalue weighted by Crippen LogP contribution is 2.17. The molecule has 1 aliphatic rings. The predicted molar refractivity (Wildman–Crippen MR) is 50.0 cm³/mol. The molecule has 0 aromatic rings. The summed E-state index contributed by atoms with van der Waals surface area (Å²) in [7, 11) is 0. The first-order valence-corrected chi connectivity index (χ1v) is 5.16. The number of hydrogen-bond acceptors (Lipinski definition) is 3. The van der Waals surface area contributed by atoms with Gasteiger partial charge in [0, 0.05) is 25.6 Å². The molecule has 0 amide bonds. The maximum atomic E-state index is 11.7. The van der Waals surface area contributed by atoms with E-state index in [1.165, 1.54) is 0 Å². The molecule has 15 heavy (non-hydrogen) atoms. The highest BCUT2D eigenvalue weighted by molar-refractivity contribution is 5.81. The molecular formula is C10H16F2O3. The maximum absolute atomic E-state index is 11.7. The van der Waals surface area contributed by atoms with Gasteiger partial charge in [-0.05, 0) is 12.8 Å². The minimum Gasteiger partial charge on any atom is -0.381 e. The standard InChI is InChI=1S/C10H16F2O3/c11-10(12)7-15-6-3-9(13)8-1-4-14-5-2-8/h8,10H,1-7H2. The molecule has 0 N–H and O–H groups in total. The van der Waals surface area contributed by atoms with Crippen molar-refractivity contribution >= 4 is 5.78 Å². The van der Waals surface area contributed by atoms with Gasteiger partial charge in [-0.15, -0.1) is 0 Å². The number of halogens is 2. The summed E-state index contributed by atoms with van der Waals surface area (Å²) < 4.78 is 33.2. The summed E-state index contributed by atoms with van der Waals surface area (Å²) in [6.45, 7) is 0.754. The Morgan fingerprint density at radius 1 is 1.40 bits per heavy atom. The summed E-state index contributed by atoms with van der Waals surface area (Å²) in [6.07, 6.45) is -0.734. The molecule has 1 saturated heterocycles. The fourth-order valence-electron chi connectivity index (χ4n) is 1.57. The van der Waals surface area contributed by atoms with Gasteiger partial charge in [0.25, 0.3) is 6.43 Å². The molecule has 1 rings (SSSR count). The quantitative estimate of drug-likeness (QED) is 0.641. The van der Waals surface area contributed by atoms with Crippen LogP contribution in [-0.2, 0) is 14.3 Å². The van der Waals surface area contributed by atoms with Crippen LogP contribution >= 0.6 is 0 Å². The van der Waals surface area contributed by atoms with Crippen LogP contribution in [0.25, 0.3) is 0 Å². The second-order valence-corrected chi connectivity index (χ2v) is 3.57. The number of rotatable bonds is 6. The summed E-state index contributed by atoms with van der Waals surface area (Å²) in [5.74, 6) is 0.140. The fourth-order valence-corrected chi connectivity index (χ4v) is 1.57. The van der Waals surface area contributed by atoms with Gasteiger partial charge in [-0.2, -0.15) is 0 Å². The number of ketones is 1. The molecule has 88 valence electrons. The van der Waals surface area contributed by atoms with Gasteiger partial charge >= 0.3 is 0 Å². The van der Waals surface area contributed by atoms with Crippen LogP contribution in [0.3, 0.4) is 0 Å². The summed E-state index contributed by atoms with van der Waals surface area (Å²) >= 11 is 0. The lowest BCUT2D eigenvalue weighted by molar-refractivity contribution is -0.127. The van der Waals surface area contributed by atoms with E-state index in [-0.39, 0.29) is 24.7 Å². The predicted octanol–water partition coefficient (Wildman–Crippen LogP) is 1.65. The van der Waals surface area contributed by atoms with E-state index in [2.05, 4.69) is 4.74 Å². The third-order valence-corrected chi connectivity index (χ3v) is 2.41. The molecule has 5 heteroatoms. The van der Waals surface area contributed by atoms with Gasteiger partial charge < -0.3 is 9.47 Å². The minimum atomic E-state index is -2.46. The SMILES string of the molecule is O=C(CCOCC(F)F)C1CCOCC1. The Hall–Kier alpha value is -0.550. The number of carbonyl (C=O) groups is 1. The highest BCUT2D eigenvalue weighted by atomic mass is 19.3. The van der Waals surface area contributed by atoms with Crippen LogP contribution < -0.4 is 0 Å². The van der Waals surface area contributed by atoms with Gasteiger partial charge in [-0.25, -0.2) is 8.78 Å². The van der Waals surface area contributed by atoms with E-state index >= 15 is 0 Å². The number of Topliss-reactive ketones (excluding diaryl/α,β-unsaturated/α-hetero) is 1. The zero-order chi connectivity index (χ0) is 11.1. The van der Waals surface area contributed by atoms with Crippen molar-refractivity contribution in [1.29, 1.82) is 0 Å². The van der Waals surface area contributed by atoms with Crippen molar-refractivity contribution in [1.82, 2.24) is 0 Å². The Kier molecular flexibility index (Phi) is 5.71. The van der Waals surface area contributed by atoms with E-state index in [1.807, 2.05) is 0 Å². The van der Waals surface area contributed by atoms with Gasteiger partial charge in [0.1, 0.15) is 12.4 Å². The van der Waals surface area contributed by atoms with Crippen molar-refractivity contribution in [2.45, 2.75) is 25.7 Å². The summed E-state index contributed by atoms with van der Waals surface area (Å²) in [5, 5.41) is 0. The van der Waals surface area contributed by atoms with Crippen LogP contribution in [-0.4, -0.2) is 38.6 Å². The van der Waals surface area contributed by atoms with Crippen molar-refractivity contribution in [3.05, 3.63) is 0 Å². The summed E-state index contributed by atoms with van der Waals surface area (Å²) in [5.41, 5.74) is 0. The molecule has 0 spiro atoms. The van der Waals surface area contributed by atoms with Gasteiger partial charge in [0.05, 0.1) is 6.61 Å². The molecule has 1 fully saturated rings. The van der Waals surface area contributed by atoms with Crippen LogP contribution in [0.1, 0.15) is 19.3 Å². The molecule has 0 radical (unpaired) electrons. The Bertz CT molecular complexity index is 191. The molecule has 0 bridgehead atoms. The summed E-state index contributed by atoms with van der Waals surface area (Å²) in [4.78, 5) is 11.5. The maximum Gasteiger partial charge on any atom is 0.261 e. The van der Waals surface area contributed by atoms with Crippen molar-refractivity contribution < 1.29 is 23.0 Å². The normalized spacial score (nSPS) is 18.3. The second kappa shape index (κ2) is 6.85. The van der Waals surface area contributed by atoms with E-state index < -0.39 is 13.0 Å². The first-order chi connectivity index (χ1) is 7.20. The first kappa shape index (κ1) is 12.5. The first-order valence-electron chi connectivity index (χ1n) is 5.16. The van der Waals surface area contributed by atoms with E-state index in [4.69, 9.17) is 4.74 Å². The second-order valence-electron chi connectivity index (χ2n) is 3.57. The highest BCUT2D eigenvalue weighted by Gasteiger charge is 2.20. The lowest BCUT2D eigenvalue weighted by atomic mass is 9.94. The molecule has 1 heterocycles. The molecule has 0 aromatic carbocycles. The summed E-state index contributed by atoms with van der Waals surface area (Å²) in [6, 6.07) is 0. The molecular weight excluding hydrogens is 206 g/mol. The average molecular weight is 222 g/mol. The topological polar surface area (TPSA) is 35.5 Å². The molecule has 3 nitrogen and oxygen atoms in total. The van der Waals surface area contributed by atoms with E-state index in [9.17, 15) is 13.6 Å². The lowest BCUT2D eigenvalue weighted by Crippen LogP contribution is -2.24. The zero-order valence-corrected chi connectivity index (χ0v) is 8.59. The van der Waals surface area contributed by atoms with E-state index in [0.29, 0.717) is 13.2 Å². The monoisotopic (exact) mass is 222 g/mol. The molecule has 0 unspecified atom stereocenters. The van der Waals surface area contributed by atoms with Crippen LogP contribution in [0.5, 0.6) is 0 Å². The molecule has 0 atom stereocenters. The van der Waals surface area contributed by atoms with Crippen molar-refractivity contribution in [2.24, 2.45) is 5.92 Å². The fraction of sp³-hybridized carbons (Fsp3) is 0.900. The zero-order valence-electron chi connectivity index (χ0n) is 8.59. The molecule has 0 aliphatic carbocycles. The van der Waals surface area contributed by atoms with Gasteiger partial charge in [-0.1, -0.05) is 0 Å². The van der Waals surface area contributed by atoms with E-state index in [1.54, 1.807) is 0 Å². The Balaban J connectivity index is 2.07. The van der Waals surface area contributed by atoms with Gasteiger partial charge in [-0.3, -0.25) is 4.79 Å². The Morgan fingerprint density at radius 2 is 2.07 bits per heavy atom. The lowest BCUT2D eigenvalue weighted by Gasteiger charge is -2.20. The number of hydrogen-bond donors (Lipinski definition) is 0. The number of carbonyl (C=O) groups excluding carboxylic acids is 1. The average Bonchev–Trinajstić information content (AvgIpc) is 2.25. The van der Waals surface area contributed by atoms with E-state index in [0.717, 1.165) is 12.8 Å². The molecule has 0 saturated carbocycles. The number of alkyl halides is 2. The Labute approximate surface area is 87.7 Å². The van der Waals surface area contributed by atoms with Crippen molar-refractivity contribution in [2.75, 3.05) is 26.4 Å². The van der Waals surface area contributed by atoms with Crippen LogP contribution in [0.2, 0.25) is 0 Å². The minimum absolute atomic E-state index is 0.0360.